The normalized spacial score (nSPS) is 12.9. The van der Waals surface area contributed by atoms with E-state index in [9.17, 15) is 4.39 Å². The fourth-order valence-electron chi connectivity index (χ4n) is 5.79. The molecule has 0 fully saturated rings. The van der Waals surface area contributed by atoms with Gasteiger partial charge in [0.05, 0.1) is 0 Å². The van der Waals surface area contributed by atoms with Crippen molar-refractivity contribution < 1.29 is 4.39 Å². The Morgan fingerprint density at radius 3 is 1.49 bits per heavy atom. The smallest absolute Gasteiger partial charge is 0.123 e. The van der Waals surface area contributed by atoms with E-state index in [0.717, 1.165) is 5.56 Å². The minimum atomic E-state index is -0.612. The van der Waals surface area contributed by atoms with Crippen molar-refractivity contribution >= 4 is 13.2 Å². The SMILES string of the molecule is CC(C)c1cc(C(C)C)c(-c2cccc(-c3ccc(F)cc3)c2P(C(C)(C)C)C(C)(C)C)c(C(C)C)c1. The van der Waals surface area contributed by atoms with Gasteiger partial charge in [-0.15, -0.1) is 0 Å². The number of benzene rings is 3. The Morgan fingerprint density at radius 1 is 0.622 bits per heavy atom. The Hall–Kier alpha value is -1.98. The van der Waals surface area contributed by atoms with E-state index in [1.807, 2.05) is 12.1 Å². The molecule has 3 aromatic rings. The molecule has 3 rings (SSSR count). The van der Waals surface area contributed by atoms with E-state index in [1.165, 1.54) is 38.7 Å². The van der Waals surface area contributed by atoms with Crippen LogP contribution in [0.4, 0.5) is 4.39 Å². The van der Waals surface area contributed by atoms with Crippen LogP contribution in [-0.2, 0) is 0 Å². The third-order valence-corrected chi connectivity index (χ3v) is 10.8. The van der Waals surface area contributed by atoms with Crippen molar-refractivity contribution in [3.05, 3.63) is 77.1 Å². The second-order valence-electron chi connectivity index (χ2n) is 13.4. The van der Waals surface area contributed by atoms with Crippen LogP contribution in [0.3, 0.4) is 0 Å². The highest BCUT2D eigenvalue weighted by molar-refractivity contribution is 7.69. The standard InChI is InChI=1S/C35H48FP/c1-22(2)26-20-30(23(3)4)32(31(21-26)24(5)6)29-15-13-14-28(25-16-18-27(36)19-17-25)33(29)37(34(7,8)9)35(10,11)12/h13-24H,1-12H3. The van der Waals surface area contributed by atoms with Crippen LogP contribution in [0, 0.1) is 5.82 Å². The molecule has 200 valence electrons. The Bertz CT molecular complexity index is 1170. The Kier molecular flexibility index (Phi) is 8.81. The lowest BCUT2D eigenvalue weighted by atomic mass is 9.81. The first-order valence-electron chi connectivity index (χ1n) is 13.9. The lowest BCUT2D eigenvalue weighted by Crippen LogP contribution is -2.33. The zero-order valence-electron chi connectivity index (χ0n) is 25.3. The average Bonchev–Trinajstić information content (AvgIpc) is 2.77. The number of hydrogen-bond acceptors (Lipinski definition) is 0. The molecule has 0 heterocycles. The van der Waals surface area contributed by atoms with Crippen LogP contribution >= 0.6 is 7.92 Å². The molecule has 0 N–H and O–H groups in total. The van der Waals surface area contributed by atoms with Crippen molar-refractivity contribution in [1.29, 1.82) is 0 Å². The average molecular weight is 519 g/mol. The number of hydrogen-bond donors (Lipinski definition) is 0. The van der Waals surface area contributed by atoms with Gasteiger partial charge in [0.15, 0.2) is 0 Å². The molecule has 0 aliphatic rings. The molecular formula is C35H48FP. The second kappa shape index (κ2) is 11.0. The summed E-state index contributed by atoms with van der Waals surface area (Å²) < 4.78 is 14.0. The molecule has 0 nitrogen and oxygen atoms in total. The predicted molar refractivity (Wildman–Crippen MR) is 166 cm³/mol. The van der Waals surface area contributed by atoms with Crippen molar-refractivity contribution in [2.75, 3.05) is 0 Å². The van der Waals surface area contributed by atoms with E-state index in [2.05, 4.69) is 113 Å². The van der Waals surface area contributed by atoms with Gasteiger partial charge in [-0.3, -0.25) is 0 Å². The molecule has 0 aliphatic carbocycles. The van der Waals surface area contributed by atoms with E-state index in [4.69, 9.17) is 0 Å². The third-order valence-electron chi connectivity index (χ3n) is 7.16. The quantitative estimate of drug-likeness (QED) is 0.285. The first-order valence-corrected chi connectivity index (χ1v) is 15.3. The summed E-state index contributed by atoms with van der Waals surface area (Å²) in [4.78, 5) is 0. The fourth-order valence-corrected chi connectivity index (χ4v) is 10.0. The summed E-state index contributed by atoms with van der Waals surface area (Å²) in [7, 11) is -0.612. The lowest BCUT2D eigenvalue weighted by molar-refractivity contribution is 0.628. The summed E-state index contributed by atoms with van der Waals surface area (Å²) in [5.41, 5.74) is 9.40. The van der Waals surface area contributed by atoms with Crippen LogP contribution in [0.5, 0.6) is 0 Å². The van der Waals surface area contributed by atoms with Crippen molar-refractivity contribution in [1.82, 2.24) is 0 Å². The molecule has 0 unspecified atom stereocenters. The maximum Gasteiger partial charge on any atom is 0.123 e. The molecule has 0 radical (unpaired) electrons. The fraction of sp³-hybridized carbons (Fsp3) is 0.486. The zero-order chi connectivity index (χ0) is 27.9. The third kappa shape index (κ3) is 6.37. The van der Waals surface area contributed by atoms with Crippen LogP contribution < -0.4 is 5.30 Å². The minimum Gasteiger partial charge on any atom is -0.207 e. The highest BCUT2D eigenvalue weighted by Crippen LogP contribution is 2.61. The summed E-state index contributed by atoms with van der Waals surface area (Å²) in [6, 6.07) is 18.8. The van der Waals surface area contributed by atoms with E-state index in [1.54, 1.807) is 12.1 Å². The summed E-state index contributed by atoms with van der Waals surface area (Å²) in [6.45, 7) is 28.2. The van der Waals surface area contributed by atoms with E-state index >= 15 is 0 Å². The zero-order valence-corrected chi connectivity index (χ0v) is 26.1. The summed E-state index contributed by atoms with van der Waals surface area (Å²) in [5.74, 6) is 1.10. The molecule has 2 heteroatoms. The predicted octanol–water partition coefficient (Wildman–Crippen LogP) is 11.2. The van der Waals surface area contributed by atoms with Crippen LogP contribution in [0.2, 0.25) is 0 Å². The highest BCUT2D eigenvalue weighted by Gasteiger charge is 2.39. The topological polar surface area (TPSA) is 0 Å². The van der Waals surface area contributed by atoms with Gasteiger partial charge >= 0.3 is 0 Å². The molecule has 3 aromatic carbocycles. The minimum absolute atomic E-state index is 0.0896. The van der Waals surface area contributed by atoms with Crippen molar-refractivity contribution in [3.63, 3.8) is 0 Å². The Balaban J connectivity index is 2.57. The van der Waals surface area contributed by atoms with Gasteiger partial charge in [-0.25, -0.2) is 4.39 Å². The molecule has 0 aromatic heterocycles. The van der Waals surface area contributed by atoms with E-state index < -0.39 is 7.92 Å². The summed E-state index contributed by atoms with van der Waals surface area (Å²) >= 11 is 0. The maximum atomic E-state index is 14.0. The van der Waals surface area contributed by atoms with Gasteiger partial charge in [-0.05, 0) is 84.4 Å². The second-order valence-corrected chi connectivity index (χ2v) is 17.2. The van der Waals surface area contributed by atoms with Gasteiger partial charge in [0.25, 0.3) is 0 Å². The van der Waals surface area contributed by atoms with Crippen LogP contribution in [-0.4, -0.2) is 10.3 Å². The summed E-state index contributed by atoms with van der Waals surface area (Å²) in [6.07, 6.45) is 0. The molecule has 0 atom stereocenters. The number of rotatable bonds is 6. The van der Waals surface area contributed by atoms with Crippen LogP contribution in [0.1, 0.15) is 118 Å². The molecule has 37 heavy (non-hydrogen) atoms. The van der Waals surface area contributed by atoms with Gasteiger partial charge in [0.2, 0.25) is 0 Å². The highest BCUT2D eigenvalue weighted by atomic mass is 31.1. The van der Waals surface area contributed by atoms with Crippen LogP contribution in [0.15, 0.2) is 54.6 Å². The first-order chi connectivity index (χ1) is 17.0. The van der Waals surface area contributed by atoms with E-state index in [0.29, 0.717) is 17.8 Å². The molecular weight excluding hydrogens is 470 g/mol. The molecule has 0 saturated heterocycles. The first kappa shape index (κ1) is 29.6. The van der Waals surface area contributed by atoms with Crippen LogP contribution in [0.25, 0.3) is 22.3 Å². The van der Waals surface area contributed by atoms with Crippen molar-refractivity contribution in [2.45, 2.75) is 111 Å². The van der Waals surface area contributed by atoms with Crippen molar-refractivity contribution in [3.8, 4) is 22.3 Å². The maximum absolute atomic E-state index is 14.0. The molecule has 0 bridgehead atoms. The summed E-state index contributed by atoms with van der Waals surface area (Å²) in [5, 5.41) is 1.63. The van der Waals surface area contributed by atoms with Gasteiger partial charge < -0.3 is 0 Å². The molecule has 0 saturated carbocycles. The monoisotopic (exact) mass is 518 g/mol. The van der Waals surface area contributed by atoms with Gasteiger partial charge in [-0.1, -0.05) is 133 Å². The molecule has 0 amide bonds. The molecule has 0 spiro atoms. The Labute approximate surface area is 227 Å². The lowest BCUT2D eigenvalue weighted by Gasteiger charge is -2.44. The van der Waals surface area contributed by atoms with Gasteiger partial charge in [-0.2, -0.15) is 0 Å². The van der Waals surface area contributed by atoms with E-state index in [-0.39, 0.29) is 16.1 Å². The van der Waals surface area contributed by atoms with Crippen molar-refractivity contribution in [2.24, 2.45) is 0 Å². The van der Waals surface area contributed by atoms with Gasteiger partial charge in [0, 0.05) is 0 Å². The Morgan fingerprint density at radius 2 is 1.08 bits per heavy atom. The number of halogens is 1. The van der Waals surface area contributed by atoms with Gasteiger partial charge in [0.1, 0.15) is 5.82 Å². The largest absolute Gasteiger partial charge is 0.207 e. The molecule has 0 aliphatic heterocycles.